The number of nitrogens with one attached hydrogen (secondary N) is 1. The lowest BCUT2D eigenvalue weighted by atomic mass is 10.2. The molecule has 0 spiro atoms. The van der Waals surface area contributed by atoms with Gasteiger partial charge in [0.1, 0.15) is 11.5 Å². The second-order valence-electron chi connectivity index (χ2n) is 7.41. The number of rotatable bonds is 9. The molecular formula is C25H27N3O3. The van der Waals surface area contributed by atoms with Crippen molar-refractivity contribution < 1.29 is 14.0 Å². The summed E-state index contributed by atoms with van der Waals surface area (Å²) in [6, 6.07) is 22.1. The fraction of sp³-hybridized carbons (Fsp3) is 0.200. The topological polar surface area (TPSA) is 65.8 Å². The molecule has 160 valence electrons. The van der Waals surface area contributed by atoms with E-state index in [4.69, 9.17) is 4.42 Å². The van der Waals surface area contributed by atoms with Crippen molar-refractivity contribution >= 4 is 17.9 Å². The maximum atomic E-state index is 13.5. The van der Waals surface area contributed by atoms with Gasteiger partial charge in [0.05, 0.1) is 6.26 Å². The number of furan rings is 1. The Kier molecular flexibility index (Phi) is 7.79. The first kappa shape index (κ1) is 22.1. The van der Waals surface area contributed by atoms with E-state index in [1.807, 2.05) is 55.4 Å². The van der Waals surface area contributed by atoms with Crippen LogP contribution < -0.4 is 5.32 Å². The molecule has 0 unspecified atom stereocenters. The van der Waals surface area contributed by atoms with Gasteiger partial charge in [-0.2, -0.15) is 0 Å². The number of hydrogen-bond acceptors (Lipinski definition) is 4. The summed E-state index contributed by atoms with van der Waals surface area (Å²) in [5.41, 5.74) is 1.66. The lowest BCUT2D eigenvalue weighted by Crippen LogP contribution is -2.41. The summed E-state index contributed by atoms with van der Waals surface area (Å²) in [6.07, 6.45) is 3.09. The van der Waals surface area contributed by atoms with Crippen molar-refractivity contribution in [1.82, 2.24) is 15.1 Å². The van der Waals surface area contributed by atoms with Crippen LogP contribution in [-0.2, 0) is 11.3 Å². The molecule has 0 saturated heterocycles. The highest BCUT2D eigenvalue weighted by atomic mass is 16.3. The predicted molar refractivity (Wildman–Crippen MR) is 121 cm³/mol. The fourth-order valence-electron chi connectivity index (χ4n) is 3.00. The van der Waals surface area contributed by atoms with Crippen molar-refractivity contribution in [1.29, 1.82) is 0 Å². The number of nitrogens with zero attached hydrogens (tertiary/aromatic N) is 2. The molecule has 1 N–H and O–H groups in total. The number of hydrogen-bond donors (Lipinski definition) is 1. The minimum absolute atomic E-state index is 0.165. The van der Waals surface area contributed by atoms with Gasteiger partial charge in [0.25, 0.3) is 11.8 Å². The van der Waals surface area contributed by atoms with E-state index in [0.29, 0.717) is 31.0 Å². The van der Waals surface area contributed by atoms with Crippen LogP contribution in [0.25, 0.3) is 6.08 Å². The van der Waals surface area contributed by atoms with E-state index in [1.165, 1.54) is 6.26 Å². The van der Waals surface area contributed by atoms with E-state index in [-0.39, 0.29) is 17.5 Å². The van der Waals surface area contributed by atoms with Crippen LogP contribution in [0.2, 0.25) is 0 Å². The highest BCUT2D eigenvalue weighted by Crippen LogP contribution is 2.13. The summed E-state index contributed by atoms with van der Waals surface area (Å²) >= 11 is 0. The Labute approximate surface area is 182 Å². The Morgan fingerprint density at radius 3 is 2.19 bits per heavy atom. The Morgan fingerprint density at radius 2 is 1.58 bits per heavy atom. The highest BCUT2D eigenvalue weighted by Gasteiger charge is 2.22. The molecule has 0 radical (unpaired) electrons. The molecule has 6 heteroatoms. The lowest BCUT2D eigenvalue weighted by molar-refractivity contribution is -0.128. The molecule has 2 aromatic carbocycles. The minimum atomic E-state index is -0.348. The fourth-order valence-corrected chi connectivity index (χ4v) is 3.00. The third-order valence-electron chi connectivity index (χ3n) is 4.66. The largest absolute Gasteiger partial charge is 0.465 e. The van der Waals surface area contributed by atoms with Gasteiger partial charge < -0.3 is 19.5 Å². The molecule has 0 bridgehead atoms. The van der Waals surface area contributed by atoms with E-state index < -0.39 is 0 Å². The van der Waals surface area contributed by atoms with Crippen LogP contribution in [0.3, 0.4) is 0 Å². The Bertz CT molecular complexity index is 997. The highest BCUT2D eigenvalue weighted by molar-refractivity contribution is 6.05. The van der Waals surface area contributed by atoms with Gasteiger partial charge in [-0.1, -0.05) is 48.5 Å². The molecule has 0 aliphatic heterocycles. The quantitative estimate of drug-likeness (QED) is 0.540. The van der Waals surface area contributed by atoms with Gasteiger partial charge in [-0.25, -0.2) is 0 Å². The summed E-state index contributed by atoms with van der Waals surface area (Å²) < 4.78 is 5.39. The van der Waals surface area contributed by atoms with Crippen LogP contribution in [0.4, 0.5) is 0 Å². The van der Waals surface area contributed by atoms with Crippen LogP contribution in [0.1, 0.15) is 21.7 Å². The van der Waals surface area contributed by atoms with Gasteiger partial charge in [0.15, 0.2) is 0 Å². The monoisotopic (exact) mass is 417 g/mol. The average Bonchev–Trinajstić information content (AvgIpc) is 3.30. The average molecular weight is 418 g/mol. The minimum Gasteiger partial charge on any atom is -0.465 e. The van der Waals surface area contributed by atoms with Crippen LogP contribution >= 0.6 is 0 Å². The van der Waals surface area contributed by atoms with Gasteiger partial charge in [-0.15, -0.1) is 0 Å². The van der Waals surface area contributed by atoms with Crippen molar-refractivity contribution in [2.45, 2.75) is 6.54 Å². The third kappa shape index (κ3) is 6.69. The maximum absolute atomic E-state index is 13.5. The predicted octanol–water partition coefficient (Wildman–Crippen LogP) is 3.64. The van der Waals surface area contributed by atoms with Crippen LogP contribution in [0.15, 0.2) is 89.2 Å². The van der Waals surface area contributed by atoms with E-state index in [9.17, 15) is 9.59 Å². The zero-order valence-electron chi connectivity index (χ0n) is 17.8. The van der Waals surface area contributed by atoms with Crippen molar-refractivity contribution in [3.8, 4) is 0 Å². The molecule has 2 amide bonds. The summed E-state index contributed by atoms with van der Waals surface area (Å²) in [5, 5.41) is 2.78. The molecule has 0 saturated carbocycles. The lowest BCUT2D eigenvalue weighted by Gasteiger charge is -2.26. The molecule has 1 heterocycles. The normalized spacial score (nSPS) is 11.4. The summed E-state index contributed by atoms with van der Waals surface area (Å²) in [5.74, 6) is -0.130. The van der Waals surface area contributed by atoms with Gasteiger partial charge in [0, 0.05) is 31.3 Å². The first-order valence-corrected chi connectivity index (χ1v) is 10.1. The number of carbonyl (C=O) groups excluding carboxylic acids is 2. The molecule has 0 aliphatic carbocycles. The van der Waals surface area contributed by atoms with E-state index in [2.05, 4.69) is 5.32 Å². The zero-order chi connectivity index (χ0) is 22.1. The summed E-state index contributed by atoms with van der Waals surface area (Å²) in [6.45, 7) is 1.64. The van der Waals surface area contributed by atoms with Crippen LogP contribution in [0.5, 0.6) is 0 Å². The van der Waals surface area contributed by atoms with Crippen LogP contribution in [0, 0.1) is 0 Å². The second kappa shape index (κ2) is 10.9. The molecule has 0 fully saturated rings. The Morgan fingerprint density at radius 1 is 0.903 bits per heavy atom. The summed E-state index contributed by atoms with van der Waals surface area (Å²) in [7, 11) is 3.92. The SMILES string of the molecule is CN(C)CCN(Cc1ccccc1)C(=O)C(=Cc1ccco1)NC(=O)c1ccccc1. The zero-order valence-corrected chi connectivity index (χ0v) is 17.8. The van der Waals surface area contributed by atoms with E-state index in [0.717, 1.165) is 5.56 Å². The molecule has 0 aliphatic rings. The Balaban J connectivity index is 1.88. The number of likely N-dealkylation sites (N-methyl/N-ethyl adjacent to an activating group) is 1. The second-order valence-corrected chi connectivity index (χ2v) is 7.41. The molecular weight excluding hydrogens is 390 g/mol. The molecule has 3 rings (SSSR count). The molecule has 3 aromatic rings. The van der Waals surface area contributed by atoms with Gasteiger partial charge >= 0.3 is 0 Å². The number of carbonyl (C=O) groups is 2. The van der Waals surface area contributed by atoms with Crippen molar-refractivity contribution in [3.63, 3.8) is 0 Å². The number of benzene rings is 2. The number of amides is 2. The molecule has 1 aromatic heterocycles. The molecule has 0 atom stereocenters. The maximum Gasteiger partial charge on any atom is 0.270 e. The van der Waals surface area contributed by atoms with Crippen molar-refractivity contribution in [3.05, 3.63) is 102 Å². The van der Waals surface area contributed by atoms with Gasteiger partial charge in [-0.3, -0.25) is 9.59 Å². The van der Waals surface area contributed by atoms with E-state index in [1.54, 1.807) is 47.4 Å². The molecule has 31 heavy (non-hydrogen) atoms. The Hall–Kier alpha value is -3.64. The first-order valence-electron chi connectivity index (χ1n) is 10.1. The standard InChI is InChI=1S/C25H27N3O3/c1-27(2)15-16-28(19-20-10-5-3-6-11-20)25(30)23(18-22-14-9-17-31-22)26-24(29)21-12-7-4-8-13-21/h3-14,17-18H,15-16,19H2,1-2H3,(H,26,29). The third-order valence-corrected chi connectivity index (χ3v) is 4.66. The van der Waals surface area contributed by atoms with Gasteiger partial charge in [0.2, 0.25) is 0 Å². The first-order chi connectivity index (χ1) is 15.0. The van der Waals surface area contributed by atoms with Gasteiger partial charge in [-0.05, 0) is 43.9 Å². The van der Waals surface area contributed by atoms with Crippen molar-refractivity contribution in [2.75, 3.05) is 27.2 Å². The van der Waals surface area contributed by atoms with Crippen molar-refractivity contribution in [2.24, 2.45) is 0 Å². The smallest absolute Gasteiger partial charge is 0.270 e. The van der Waals surface area contributed by atoms with E-state index >= 15 is 0 Å². The molecule has 6 nitrogen and oxygen atoms in total. The summed E-state index contributed by atoms with van der Waals surface area (Å²) in [4.78, 5) is 30.1. The van der Waals surface area contributed by atoms with Crippen LogP contribution in [-0.4, -0.2) is 48.8 Å².